The number of nitrogens with one attached hydrogen (secondary N) is 1. The van der Waals surface area contributed by atoms with Gasteiger partial charge in [-0.1, -0.05) is 12.1 Å². The molecule has 2 amide bonds. The maximum absolute atomic E-state index is 13.5. The molecular formula is C15H12FN3O2. The van der Waals surface area contributed by atoms with Gasteiger partial charge in [-0.15, -0.1) is 0 Å². The van der Waals surface area contributed by atoms with E-state index in [1.54, 1.807) is 24.3 Å². The maximum atomic E-state index is 13.5. The van der Waals surface area contributed by atoms with Crippen LogP contribution in [0.15, 0.2) is 42.5 Å². The van der Waals surface area contributed by atoms with E-state index in [1.165, 1.54) is 17.0 Å². The fourth-order valence-electron chi connectivity index (χ4n) is 2.23. The standard InChI is InChI=1S/C15H12FN3O2/c16-10-7-9(5-6-11(10)17)15(21)19-8-14(20)18-12-3-1-2-4-13(12)19/h1-7H,8,17H2,(H,18,20). The molecule has 6 heteroatoms. The number of hydrogen-bond acceptors (Lipinski definition) is 3. The number of nitrogen functional groups attached to an aromatic ring is 1. The van der Waals surface area contributed by atoms with Crippen LogP contribution in [0.1, 0.15) is 10.4 Å². The number of carbonyl (C=O) groups excluding carboxylic acids is 2. The number of hydrogen-bond donors (Lipinski definition) is 2. The number of halogens is 1. The van der Waals surface area contributed by atoms with Crippen LogP contribution in [0, 0.1) is 5.82 Å². The fourth-order valence-corrected chi connectivity index (χ4v) is 2.23. The molecular weight excluding hydrogens is 273 g/mol. The van der Waals surface area contributed by atoms with Crippen LogP contribution in [0.2, 0.25) is 0 Å². The van der Waals surface area contributed by atoms with Gasteiger partial charge < -0.3 is 11.1 Å². The molecule has 106 valence electrons. The second-order valence-electron chi connectivity index (χ2n) is 4.69. The Hall–Kier alpha value is -2.89. The molecule has 0 spiro atoms. The Bertz CT molecular complexity index is 745. The number of rotatable bonds is 1. The van der Waals surface area contributed by atoms with Crippen LogP contribution in [0.4, 0.5) is 21.5 Å². The number of nitrogens with zero attached hydrogens (tertiary/aromatic N) is 1. The van der Waals surface area contributed by atoms with Crippen molar-refractivity contribution in [1.82, 2.24) is 0 Å². The van der Waals surface area contributed by atoms with Crippen LogP contribution in [0.3, 0.4) is 0 Å². The third-order valence-corrected chi connectivity index (χ3v) is 3.26. The molecule has 0 saturated carbocycles. The summed E-state index contributed by atoms with van der Waals surface area (Å²) in [5, 5.41) is 2.69. The average molecular weight is 285 g/mol. The van der Waals surface area contributed by atoms with Gasteiger partial charge >= 0.3 is 0 Å². The third-order valence-electron chi connectivity index (χ3n) is 3.26. The number of amides is 2. The van der Waals surface area contributed by atoms with Gasteiger partial charge in [0.15, 0.2) is 0 Å². The molecule has 1 aliphatic rings. The topological polar surface area (TPSA) is 75.4 Å². The van der Waals surface area contributed by atoms with Crippen LogP contribution in [-0.2, 0) is 4.79 Å². The van der Waals surface area contributed by atoms with Gasteiger partial charge in [-0.05, 0) is 30.3 Å². The summed E-state index contributed by atoms with van der Waals surface area (Å²) in [5.41, 5.74) is 6.66. The summed E-state index contributed by atoms with van der Waals surface area (Å²) in [7, 11) is 0. The molecule has 0 saturated heterocycles. The molecule has 21 heavy (non-hydrogen) atoms. The van der Waals surface area contributed by atoms with E-state index in [9.17, 15) is 14.0 Å². The molecule has 5 nitrogen and oxygen atoms in total. The first-order valence-corrected chi connectivity index (χ1v) is 6.32. The Morgan fingerprint density at radius 3 is 2.76 bits per heavy atom. The van der Waals surface area contributed by atoms with E-state index in [0.717, 1.165) is 6.07 Å². The molecule has 1 heterocycles. The van der Waals surface area contributed by atoms with Crippen molar-refractivity contribution in [3.05, 3.63) is 53.8 Å². The molecule has 3 rings (SSSR count). The van der Waals surface area contributed by atoms with E-state index < -0.39 is 11.7 Å². The predicted octanol–water partition coefficient (Wildman–Crippen LogP) is 2.01. The molecule has 0 aliphatic carbocycles. The second kappa shape index (κ2) is 4.90. The molecule has 0 fully saturated rings. The minimum absolute atomic E-state index is 0.0247. The summed E-state index contributed by atoms with van der Waals surface area (Å²) in [6, 6.07) is 10.8. The van der Waals surface area contributed by atoms with Crippen LogP contribution in [0.5, 0.6) is 0 Å². The van der Waals surface area contributed by atoms with Gasteiger partial charge in [0.2, 0.25) is 5.91 Å². The number of fused-ring (bicyclic) bond motifs is 1. The van der Waals surface area contributed by atoms with E-state index in [2.05, 4.69) is 5.32 Å². The van der Waals surface area contributed by atoms with Crippen LogP contribution < -0.4 is 16.0 Å². The lowest BCUT2D eigenvalue weighted by atomic mass is 10.1. The number of nitrogens with two attached hydrogens (primary N) is 1. The number of anilines is 3. The zero-order valence-electron chi connectivity index (χ0n) is 11.0. The fraction of sp³-hybridized carbons (Fsp3) is 0.0667. The van der Waals surface area contributed by atoms with Gasteiger partial charge in [0.05, 0.1) is 17.1 Å². The van der Waals surface area contributed by atoms with Crippen molar-refractivity contribution in [1.29, 1.82) is 0 Å². The third kappa shape index (κ3) is 2.31. The summed E-state index contributed by atoms with van der Waals surface area (Å²) in [5.74, 6) is -1.40. The highest BCUT2D eigenvalue weighted by Crippen LogP contribution is 2.30. The zero-order chi connectivity index (χ0) is 15.0. The van der Waals surface area contributed by atoms with Crippen LogP contribution in [-0.4, -0.2) is 18.4 Å². The highest BCUT2D eigenvalue weighted by molar-refractivity contribution is 6.15. The van der Waals surface area contributed by atoms with Gasteiger partial charge in [-0.3, -0.25) is 14.5 Å². The molecule has 0 radical (unpaired) electrons. The van der Waals surface area contributed by atoms with Crippen molar-refractivity contribution in [2.75, 3.05) is 22.5 Å². The predicted molar refractivity (Wildman–Crippen MR) is 77.6 cm³/mol. The van der Waals surface area contributed by atoms with Crippen molar-refractivity contribution < 1.29 is 14.0 Å². The summed E-state index contributed by atoms with van der Waals surface area (Å²) in [6.45, 7) is -0.109. The average Bonchev–Trinajstić information content (AvgIpc) is 2.48. The van der Waals surface area contributed by atoms with Crippen molar-refractivity contribution in [3.63, 3.8) is 0 Å². The van der Waals surface area contributed by atoms with Gasteiger partial charge in [-0.25, -0.2) is 4.39 Å². The first kappa shape index (κ1) is 13.1. The minimum Gasteiger partial charge on any atom is -0.396 e. The van der Waals surface area contributed by atoms with E-state index >= 15 is 0 Å². The van der Waals surface area contributed by atoms with Gasteiger partial charge in [0, 0.05) is 5.56 Å². The Kier molecular flexibility index (Phi) is 3.06. The Morgan fingerprint density at radius 2 is 2.00 bits per heavy atom. The lowest BCUT2D eigenvalue weighted by Crippen LogP contribution is -2.42. The number of carbonyl (C=O) groups is 2. The van der Waals surface area contributed by atoms with Gasteiger partial charge in [0.1, 0.15) is 12.4 Å². The van der Waals surface area contributed by atoms with E-state index in [-0.39, 0.29) is 23.7 Å². The Labute approximate surface area is 120 Å². The lowest BCUT2D eigenvalue weighted by molar-refractivity contribution is -0.115. The quantitative estimate of drug-likeness (QED) is 0.787. The largest absolute Gasteiger partial charge is 0.396 e. The Balaban J connectivity index is 2.01. The molecule has 1 aliphatic heterocycles. The van der Waals surface area contributed by atoms with E-state index in [1.807, 2.05) is 0 Å². The second-order valence-corrected chi connectivity index (χ2v) is 4.69. The van der Waals surface area contributed by atoms with Crippen molar-refractivity contribution in [3.8, 4) is 0 Å². The zero-order valence-corrected chi connectivity index (χ0v) is 11.0. The summed E-state index contributed by atoms with van der Waals surface area (Å²) >= 11 is 0. The highest BCUT2D eigenvalue weighted by atomic mass is 19.1. The van der Waals surface area contributed by atoms with E-state index in [0.29, 0.717) is 11.4 Å². The smallest absolute Gasteiger partial charge is 0.258 e. The molecule has 2 aromatic rings. The molecule has 0 unspecified atom stereocenters. The SMILES string of the molecule is Nc1ccc(C(=O)N2CC(=O)Nc3ccccc32)cc1F. The molecule has 3 N–H and O–H groups in total. The molecule has 0 bridgehead atoms. The summed E-state index contributed by atoms with van der Waals surface area (Å²) in [4.78, 5) is 25.5. The number of para-hydroxylation sites is 2. The maximum Gasteiger partial charge on any atom is 0.258 e. The van der Waals surface area contributed by atoms with Crippen LogP contribution >= 0.6 is 0 Å². The first-order valence-electron chi connectivity index (χ1n) is 6.32. The normalized spacial score (nSPS) is 13.6. The first-order chi connectivity index (χ1) is 10.1. The van der Waals surface area contributed by atoms with Gasteiger partial charge in [-0.2, -0.15) is 0 Å². The van der Waals surface area contributed by atoms with Crippen LogP contribution in [0.25, 0.3) is 0 Å². The minimum atomic E-state index is -0.657. The highest BCUT2D eigenvalue weighted by Gasteiger charge is 2.27. The summed E-state index contributed by atoms with van der Waals surface area (Å²) in [6.07, 6.45) is 0. The van der Waals surface area contributed by atoms with Crippen molar-refractivity contribution in [2.45, 2.75) is 0 Å². The Morgan fingerprint density at radius 1 is 1.24 bits per heavy atom. The van der Waals surface area contributed by atoms with Crippen molar-refractivity contribution >= 4 is 28.9 Å². The lowest BCUT2D eigenvalue weighted by Gasteiger charge is -2.29. The van der Waals surface area contributed by atoms with Gasteiger partial charge in [0.25, 0.3) is 5.91 Å². The monoisotopic (exact) mass is 285 g/mol. The van der Waals surface area contributed by atoms with E-state index in [4.69, 9.17) is 5.73 Å². The van der Waals surface area contributed by atoms with Crippen molar-refractivity contribution in [2.24, 2.45) is 0 Å². The molecule has 2 aromatic carbocycles. The number of benzene rings is 2. The summed E-state index contributed by atoms with van der Waals surface area (Å²) < 4.78 is 13.5. The molecule has 0 atom stereocenters. The molecule has 0 aromatic heterocycles.